The molecule has 2 heterocycles. The maximum atomic E-state index is 6.32. The molecule has 0 aromatic rings. The first-order valence-corrected chi connectivity index (χ1v) is 8.84. The molecular formula is C17H35N3. The molecule has 0 aliphatic carbocycles. The first kappa shape index (κ1) is 16.3. The van der Waals surface area contributed by atoms with Crippen molar-refractivity contribution in [1.82, 2.24) is 9.80 Å². The summed E-state index contributed by atoms with van der Waals surface area (Å²) < 4.78 is 0. The SMILES string of the molecule is CCCCN(CCCC)C1(CN)CC2CCC(C1)N2C. The minimum absolute atomic E-state index is 0.294. The first-order chi connectivity index (χ1) is 9.66. The van der Waals surface area contributed by atoms with E-state index in [9.17, 15) is 0 Å². The lowest BCUT2D eigenvalue weighted by Gasteiger charge is -2.51. The molecule has 0 aromatic heterocycles. The minimum Gasteiger partial charge on any atom is -0.329 e. The maximum Gasteiger partial charge on any atom is 0.0361 e. The molecule has 2 unspecified atom stereocenters. The summed E-state index contributed by atoms with van der Waals surface area (Å²) in [6, 6.07) is 1.56. The third kappa shape index (κ3) is 3.20. The summed E-state index contributed by atoms with van der Waals surface area (Å²) in [5.74, 6) is 0. The van der Waals surface area contributed by atoms with Gasteiger partial charge in [-0.05, 0) is 58.7 Å². The number of nitrogens with zero attached hydrogens (tertiary/aromatic N) is 2. The second kappa shape index (κ2) is 7.24. The fraction of sp³-hybridized carbons (Fsp3) is 1.00. The van der Waals surface area contributed by atoms with E-state index in [0.29, 0.717) is 5.54 Å². The Bertz CT molecular complexity index is 270. The Morgan fingerprint density at radius 1 is 1.05 bits per heavy atom. The maximum absolute atomic E-state index is 6.32. The molecule has 2 rings (SSSR count). The highest BCUT2D eigenvalue weighted by atomic mass is 15.3. The predicted octanol–water partition coefficient (Wildman–Crippen LogP) is 2.84. The van der Waals surface area contributed by atoms with Gasteiger partial charge in [0.1, 0.15) is 0 Å². The summed E-state index contributed by atoms with van der Waals surface area (Å²) in [6.07, 6.45) is 10.6. The van der Waals surface area contributed by atoms with Crippen LogP contribution in [-0.2, 0) is 0 Å². The Kier molecular flexibility index (Phi) is 5.88. The van der Waals surface area contributed by atoms with Gasteiger partial charge in [0.2, 0.25) is 0 Å². The highest BCUT2D eigenvalue weighted by Gasteiger charge is 2.48. The Hall–Kier alpha value is -0.120. The van der Waals surface area contributed by atoms with Gasteiger partial charge in [0, 0.05) is 24.2 Å². The molecule has 2 atom stereocenters. The number of hydrogen-bond acceptors (Lipinski definition) is 3. The van der Waals surface area contributed by atoms with Crippen molar-refractivity contribution in [3.8, 4) is 0 Å². The highest BCUT2D eigenvalue weighted by Crippen LogP contribution is 2.42. The Balaban J connectivity index is 2.09. The molecule has 0 spiro atoms. The van der Waals surface area contributed by atoms with Crippen LogP contribution in [0.1, 0.15) is 65.2 Å². The number of unbranched alkanes of at least 4 members (excludes halogenated alkanes) is 2. The molecule has 2 saturated heterocycles. The van der Waals surface area contributed by atoms with Crippen LogP contribution in [0.25, 0.3) is 0 Å². The van der Waals surface area contributed by atoms with Gasteiger partial charge in [0.25, 0.3) is 0 Å². The summed E-state index contributed by atoms with van der Waals surface area (Å²) in [4.78, 5) is 5.41. The molecule has 2 aliphatic rings. The van der Waals surface area contributed by atoms with E-state index in [4.69, 9.17) is 5.73 Å². The molecule has 0 amide bonds. The Morgan fingerprint density at radius 3 is 1.95 bits per heavy atom. The van der Waals surface area contributed by atoms with Crippen molar-refractivity contribution in [2.24, 2.45) is 5.73 Å². The van der Waals surface area contributed by atoms with Crippen molar-refractivity contribution in [3.05, 3.63) is 0 Å². The second-order valence-corrected chi connectivity index (χ2v) is 7.08. The Morgan fingerprint density at radius 2 is 1.55 bits per heavy atom. The van der Waals surface area contributed by atoms with Crippen LogP contribution in [0.3, 0.4) is 0 Å². The van der Waals surface area contributed by atoms with Gasteiger partial charge in [-0.3, -0.25) is 4.90 Å². The lowest BCUT2D eigenvalue weighted by Crippen LogP contribution is -2.62. The molecule has 3 heteroatoms. The summed E-state index contributed by atoms with van der Waals surface area (Å²) in [6.45, 7) is 7.94. The van der Waals surface area contributed by atoms with Crippen LogP contribution in [0.15, 0.2) is 0 Å². The highest BCUT2D eigenvalue weighted by molar-refractivity contribution is 5.06. The second-order valence-electron chi connectivity index (χ2n) is 7.08. The van der Waals surface area contributed by atoms with Crippen LogP contribution in [0.2, 0.25) is 0 Å². The van der Waals surface area contributed by atoms with E-state index in [1.807, 2.05) is 0 Å². The average molecular weight is 281 g/mol. The van der Waals surface area contributed by atoms with Gasteiger partial charge >= 0.3 is 0 Å². The van der Waals surface area contributed by atoms with Crippen LogP contribution in [0, 0.1) is 0 Å². The van der Waals surface area contributed by atoms with E-state index in [2.05, 4.69) is 30.7 Å². The lowest BCUT2D eigenvalue weighted by molar-refractivity contribution is -0.000733. The van der Waals surface area contributed by atoms with Gasteiger partial charge in [-0.1, -0.05) is 26.7 Å². The van der Waals surface area contributed by atoms with E-state index in [-0.39, 0.29) is 0 Å². The van der Waals surface area contributed by atoms with Crippen molar-refractivity contribution < 1.29 is 0 Å². The van der Waals surface area contributed by atoms with Crippen molar-refractivity contribution in [2.75, 3.05) is 26.7 Å². The topological polar surface area (TPSA) is 32.5 Å². The summed E-state index contributed by atoms with van der Waals surface area (Å²) in [7, 11) is 2.32. The quantitative estimate of drug-likeness (QED) is 0.742. The van der Waals surface area contributed by atoms with Crippen LogP contribution in [0.5, 0.6) is 0 Å². The summed E-state index contributed by atoms with van der Waals surface area (Å²) >= 11 is 0. The molecule has 3 nitrogen and oxygen atoms in total. The van der Waals surface area contributed by atoms with Gasteiger partial charge in [-0.25, -0.2) is 0 Å². The molecular weight excluding hydrogens is 246 g/mol. The average Bonchev–Trinajstić information content (AvgIpc) is 2.69. The zero-order valence-corrected chi connectivity index (χ0v) is 13.9. The molecule has 0 radical (unpaired) electrons. The molecule has 2 fully saturated rings. The van der Waals surface area contributed by atoms with E-state index >= 15 is 0 Å². The van der Waals surface area contributed by atoms with Gasteiger partial charge < -0.3 is 10.6 Å². The van der Waals surface area contributed by atoms with Gasteiger partial charge in [0.15, 0.2) is 0 Å². The summed E-state index contributed by atoms with van der Waals surface area (Å²) in [5.41, 5.74) is 6.61. The molecule has 2 N–H and O–H groups in total. The number of piperidine rings is 1. The van der Waals surface area contributed by atoms with E-state index in [1.165, 1.54) is 64.5 Å². The standard InChI is InChI=1S/C17H35N3/c1-4-6-10-20(11-7-5-2)17(14-18)12-15-8-9-16(13-17)19(15)3/h15-16H,4-14,18H2,1-3H3. The van der Waals surface area contributed by atoms with Crippen molar-refractivity contribution >= 4 is 0 Å². The van der Waals surface area contributed by atoms with Gasteiger partial charge in [-0.2, -0.15) is 0 Å². The third-order valence-corrected chi connectivity index (χ3v) is 5.83. The molecule has 118 valence electrons. The van der Waals surface area contributed by atoms with Crippen LogP contribution in [0.4, 0.5) is 0 Å². The fourth-order valence-corrected chi connectivity index (χ4v) is 4.38. The normalized spacial score (nSPS) is 34.0. The monoisotopic (exact) mass is 281 g/mol. The molecule has 20 heavy (non-hydrogen) atoms. The molecule has 2 bridgehead atoms. The van der Waals surface area contributed by atoms with Crippen molar-refractivity contribution in [2.45, 2.75) is 82.8 Å². The van der Waals surface area contributed by atoms with Gasteiger partial charge in [-0.15, -0.1) is 0 Å². The zero-order valence-electron chi connectivity index (χ0n) is 13.9. The zero-order chi connectivity index (χ0) is 14.6. The van der Waals surface area contributed by atoms with Crippen molar-refractivity contribution in [1.29, 1.82) is 0 Å². The Labute approximate surface area is 125 Å². The molecule has 0 saturated carbocycles. The third-order valence-electron chi connectivity index (χ3n) is 5.83. The number of nitrogens with two attached hydrogens (primary N) is 1. The number of fused-ring (bicyclic) bond motifs is 2. The van der Waals surface area contributed by atoms with Crippen molar-refractivity contribution in [3.63, 3.8) is 0 Å². The fourth-order valence-electron chi connectivity index (χ4n) is 4.38. The predicted molar refractivity (Wildman–Crippen MR) is 87.0 cm³/mol. The van der Waals surface area contributed by atoms with Crippen LogP contribution in [-0.4, -0.2) is 54.1 Å². The number of hydrogen-bond donors (Lipinski definition) is 1. The molecule has 2 aliphatic heterocycles. The van der Waals surface area contributed by atoms with E-state index in [0.717, 1.165) is 18.6 Å². The smallest absolute Gasteiger partial charge is 0.0361 e. The number of rotatable bonds is 8. The lowest BCUT2D eigenvalue weighted by atomic mass is 9.81. The largest absolute Gasteiger partial charge is 0.329 e. The first-order valence-electron chi connectivity index (χ1n) is 8.84. The van der Waals surface area contributed by atoms with E-state index in [1.54, 1.807) is 0 Å². The molecule has 0 aromatic carbocycles. The van der Waals surface area contributed by atoms with E-state index < -0.39 is 0 Å². The summed E-state index contributed by atoms with van der Waals surface area (Å²) in [5, 5.41) is 0. The van der Waals surface area contributed by atoms with Gasteiger partial charge in [0.05, 0.1) is 0 Å². The van der Waals surface area contributed by atoms with Crippen LogP contribution < -0.4 is 5.73 Å². The minimum atomic E-state index is 0.294. The van der Waals surface area contributed by atoms with Crippen LogP contribution >= 0.6 is 0 Å².